The average molecular weight is 522 g/mol. The van der Waals surface area contributed by atoms with E-state index < -0.39 is 15.9 Å². The smallest absolute Gasteiger partial charge is 0.264 e. The fraction of sp³-hybridized carbons (Fsp3) is 0.345. The van der Waals surface area contributed by atoms with Gasteiger partial charge in [-0.1, -0.05) is 35.9 Å². The van der Waals surface area contributed by atoms with Gasteiger partial charge in [0.25, 0.3) is 10.0 Å². The highest BCUT2D eigenvalue weighted by Crippen LogP contribution is 2.28. The predicted molar refractivity (Wildman–Crippen MR) is 148 cm³/mol. The van der Waals surface area contributed by atoms with Crippen LogP contribution in [0.3, 0.4) is 0 Å². The molecule has 1 atom stereocenters. The number of aryl methyl sites for hydroxylation is 1. The summed E-state index contributed by atoms with van der Waals surface area (Å²) in [7, 11) is -2.48. The molecule has 196 valence electrons. The minimum atomic E-state index is -4.00. The van der Waals surface area contributed by atoms with E-state index in [9.17, 15) is 13.2 Å². The third-order valence-electron chi connectivity index (χ3n) is 6.73. The number of nitrogens with zero attached hydrogens (tertiary/aromatic N) is 2. The van der Waals surface area contributed by atoms with Gasteiger partial charge in [-0.3, -0.25) is 9.10 Å². The molecule has 37 heavy (non-hydrogen) atoms. The maximum atomic E-state index is 13.6. The van der Waals surface area contributed by atoms with E-state index in [2.05, 4.69) is 22.3 Å². The molecule has 1 aliphatic rings. The standard InChI is InChI=1S/C29H35N3O4S/c1-22-10-16-28(17-11-22)37(34,35)32(26-8-7-9-27(20-26)36-3)21-29(33)30-23(2)24-12-14-25(15-13-24)31-18-5-4-6-19-31/h7-17,20,23H,4-6,18-19,21H2,1-3H3,(H,30,33). The van der Waals surface area contributed by atoms with Crippen molar-refractivity contribution in [1.82, 2.24) is 5.32 Å². The predicted octanol–water partition coefficient (Wildman–Crippen LogP) is 5.07. The lowest BCUT2D eigenvalue weighted by Gasteiger charge is -2.29. The molecule has 1 unspecified atom stereocenters. The Hall–Kier alpha value is -3.52. The molecule has 0 bridgehead atoms. The third kappa shape index (κ3) is 6.43. The Morgan fingerprint density at radius 1 is 1.00 bits per heavy atom. The van der Waals surface area contributed by atoms with Gasteiger partial charge in [0.1, 0.15) is 12.3 Å². The van der Waals surface area contributed by atoms with E-state index in [1.165, 1.54) is 32.1 Å². The van der Waals surface area contributed by atoms with Crippen molar-refractivity contribution >= 4 is 27.3 Å². The molecule has 0 saturated carbocycles. The maximum Gasteiger partial charge on any atom is 0.264 e. The van der Waals surface area contributed by atoms with Gasteiger partial charge in [0, 0.05) is 24.8 Å². The number of benzene rings is 3. The fourth-order valence-electron chi connectivity index (χ4n) is 4.54. The Balaban J connectivity index is 1.52. The van der Waals surface area contributed by atoms with Crippen LogP contribution in [0.1, 0.15) is 43.4 Å². The largest absolute Gasteiger partial charge is 0.497 e. The summed E-state index contributed by atoms with van der Waals surface area (Å²) in [4.78, 5) is 15.7. The molecule has 1 heterocycles. The number of carbonyl (C=O) groups excluding carboxylic acids is 1. The van der Waals surface area contributed by atoms with E-state index in [0.717, 1.165) is 28.5 Å². The van der Waals surface area contributed by atoms with E-state index >= 15 is 0 Å². The number of amides is 1. The molecule has 4 rings (SSSR count). The number of hydrogen-bond donors (Lipinski definition) is 1. The first-order chi connectivity index (χ1) is 17.8. The lowest BCUT2D eigenvalue weighted by molar-refractivity contribution is -0.120. The number of piperidine rings is 1. The van der Waals surface area contributed by atoms with Crippen molar-refractivity contribution in [2.75, 3.05) is 35.9 Å². The van der Waals surface area contributed by atoms with Gasteiger partial charge in [0.05, 0.1) is 23.7 Å². The second-order valence-electron chi connectivity index (χ2n) is 9.45. The molecule has 3 aromatic carbocycles. The first-order valence-corrected chi connectivity index (χ1v) is 14.1. The van der Waals surface area contributed by atoms with E-state index in [1.54, 1.807) is 48.5 Å². The fourth-order valence-corrected chi connectivity index (χ4v) is 5.96. The van der Waals surface area contributed by atoms with E-state index in [4.69, 9.17) is 4.74 Å². The molecular weight excluding hydrogens is 486 g/mol. The molecule has 1 N–H and O–H groups in total. The van der Waals surface area contributed by atoms with Gasteiger partial charge < -0.3 is 15.0 Å². The van der Waals surface area contributed by atoms with E-state index in [-0.39, 0.29) is 17.5 Å². The number of methoxy groups -OCH3 is 1. The van der Waals surface area contributed by atoms with Crippen LogP contribution >= 0.6 is 0 Å². The van der Waals surface area contributed by atoms with Crippen molar-refractivity contribution in [2.45, 2.75) is 44.0 Å². The van der Waals surface area contributed by atoms with Crippen LogP contribution in [0.25, 0.3) is 0 Å². The van der Waals surface area contributed by atoms with Crippen LogP contribution in [0.2, 0.25) is 0 Å². The Morgan fingerprint density at radius 2 is 1.68 bits per heavy atom. The van der Waals surface area contributed by atoms with Crippen LogP contribution in [-0.4, -0.2) is 41.1 Å². The second kappa shape index (κ2) is 11.7. The molecule has 1 saturated heterocycles. The lowest BCUT2D eigenvalue weighted by atomic mass is 10.1. The maximum absolute atomic E-state index is 13.6. The van der Waals surface area contributed by atoms with Crippen LogP contribution in [-0.2, 0) is 14.8 Å². The van der Waals surface area contributed by atoms with Crippen molar-refractivity contribution in [3.8, 4) is 5.75 Å². The third-order valence-corrected chi connectivity index (χ3v) is 8.52. The summed E-state index contributed by atoms with van der Waals surface area (Å²) in [5.41, 5.74) is 3.46. The van der Waals surface area contributed by atoms with Crippen molar-refractivity contribution < 1.29 is 17.9 Å². The summed E-state index contributed by atoms with van der Waals surface area (Å²) in [5, 5.41) is 2.97. The van der Waals surface area contributed by atoms with Gasteiger partial charge in [0.15, 0.2) is 0 Å². The topological polar surface area (TPSA) is 79.0 Å². The zero-order valence-corrected chi connectivity index (χ0v) is 22.5. The Kier molecular flexibility index (Phi) is 8.38. The zero-order chi connectivity index (χ0) is 26.4. The normalized spacial score (nSPS) is 14.6. The summed E-state index contributed by atoms with van der Waals surface area (Å²) in [6, 6.07) is 21.3. The number of anilines is 2. The van der Waals surface area contributed by atoms with Gasteiger partial charge in [0.2, 0.25) is 5.91 Å². The molecule has 1 aliphatic heterocycles. The summed E-state index contributed by atoms with van der Waals surface area (Å²) in [6.45, 7) is 5.57. The molecule has 0 radical (unpaired) electrons. The SMILES string of the molecule is COc1cccc(N(CC(=O)NC(C)c2ccc(N3CCCCC3)cc2)S(=O)(=O)c2ccc(C)cc2)c1. The number of hydrogen-bond acceptors (Lipinski definition) is 5. The quantitative estimate of drug-likeness (QED) is 0.426. The molecule has 1 amide bonds. The van der Waals surface area contributed by atoms with Crippen LogP contribution in [0.15, 0.2) is 77.7 Å². The molecule has 0 spiro atoms. The lowest BCUT2D eigenvalue weighted by Crippen LogP contribution is -2.41. The summed E-state index contributed by atoms with van der Waals surface area (Å²) in [6.07, 6.45) is 3.71. The minimum absolute atomic E-state index is 0.120. The van der Waals surface area contributed by atoms with Gasteiger partial charge >= 0.3 is 0 Å². The van der Waals surface area contributed by atoms with Gasteiger partial charge in [-0.15, -0.1) is 0 Å². The first kappa shape index (κ1) is 26.5. The van der Waals surface area contributed by atoms with Crippen molar-refractivity contribution in [3.05, 3.63) is 83.9 Å². The zero-order valence-electron chi connectivity index (χ0n) is 21.7. The Morgan fingerprint density at radius 3 is 2.32 bits per heavy atom. The molecule has 3 aromatic rings. The highest BCUT2D eigenvalue weighted by atomic mass is 32.2. The van der Waals surface area contributed by atoms with Crippen molar-refractivity contribution in [1.29, 1.82) is 0 Å². The highest BCUT2D eigenvalue weighted by molar-refractivity contribution is 7.92. The molecule has 1 fully saturated rings. The number of carbonyl (C=O) groups is 1. The van der Waals surface area contributed by atoms with Crippen molar-refractivity contribution in [3.63, 3.8) is 0 Å². The monoisotopic (exact) mass is 521 g/mol. The molecular formula is C29H35N3O4S. The van der Waals surface area contributed by atoms with E-state index in [1.807, 2.05) is 26.0 Å². The van der Waals surface area contributed by atoms with Crippen LogP contribution in [0, 0.1) is 6.92 Å². The summed E-state index contributed by atoms with van der Waals surface area (Å²) in [5.74, 6) is 0.107. The molecule has 0 aliphatic carbocycles. The molecule has 8 heteroatoms. The molecule has 0 aromatic heterocycles. The van der Waals surface area contributed by atoms with Gasteiger partial charge in [-0.05, 0) is 75.1 Å². The summed E-state index contributed by atoms with van der Waals surface area (Å²) >= 11 is 0. The Labute approximate surface area is 220 Å². The average Bonchev–Trinajstić information content (AvgIpc) is 2.92. The first-order valence-electron chi connectivity index (χ1n) is 12.7. The summed E-state index contributed by atoms with van der Waals surface area (Å²) < 4.78 is 33.7. The number of rotatable bonds is 9. The number of nitrogens with one attached hydrogen (secondary N) is 1. The Bertz CT molecular complexity index is 1300. The van der Waals surface area contributed by atoms with Crippen molar-refractivity contribution in [2.24, 2.45) is 0 Å². The van der Waals surface area contributed by atoms with Gasteiger partial charge in [-0.25, -0.2) is 8.42 Å². The number of sulfonamides is 1. The number of ether oxygens (including phenoxy) is 1. The van der Waals surface area contributed by atoms with Crippen LogP contribution in [0.5, 0.6) is 5.75 Å². The van der Waals surface area contributed by atoms with Crippen LogP contribution < -0.4 is 19.3 Å². The van der Waals surface area contributed by atoms with Gasteiger partial charge in [-0.2, -0.15) is 0 Å². The van der Waals surface area contributed by atoms with E-state index in [0.29, 0.717) is 11.4 Å². The minimum Gasteiger partial charge on any atom is -0.497 e. The van der Waals surface area contributed by atoms with Crippen LogP contribution in [0.4, 0.5) is 11.4 Å². The second-order valence-corrected chi connectivity index (χ2v) is 11.3. The molecule has 7 nitrogen and oxygen atoms in total. The highest BCUT2D eigenvalue weighted by Gasteiger charge is 2.28.